The molecule has 278 valence electrons. The van der Waals surface area contributed by atoms with Crippen molar-refractivity contribution in [1.82, 2.24) is 9.36 Å². The van der Waals surface area contributed by atoms with Gasteiger partial charge in [0, 0.05) is 0 Å². The summed E-state index contributed by atoms with van der Waals surface area (Å²) in [5, 5.41) is 20.8. The number of nitriles is 2. The number of nitrogens with zero attached hydrogens (tertiary/aromatic N) is 4. The van der Waals surface area contributed by atoms with Crippen molar-refractivity contribution >= 4 is 34.8 Å². The van der Waals surface area contributed by atoms with Crippen molar-refractivity contribution in [3.8, 4) is 35.1 Å². The summed E-state index contributed by atoms with van der Waals surface area (Å²) < 4.78 is 29.3. The molecule has 0 amide bonds. The second-order valence-corrected chi connectivity index (χ2v) is 13.5. The summed E-state index contributed by atoms with van der Waals surface area (Å²) in [5.74, 6) is 2.44. The monoisotopic (exact) mass is 764 g/mol. The largest absolute Gasteiger partial charge is 0.485 e. The van der Waals surface area contributed by atoms with Crippen LogP contribution >= 0.6 is 11.5 Å². The SMILES string of the molecule is N#C/C(=C\c1ccc(OCc2ccccc2)c(OCc2ccccc2)c1)c1nsc(/C(C#N)=C/c2ccc(OCc3ccccc3)c(OCc3ccccc3)c2)n1. The fourth-order valence-electron chi connectivity index (χ4n) is 5.70. The minimum atomic E-state index is 0.214. The highest BCUT2D eigenvalue weighted by Crippen LogP contribution is 2.34. The van der Waals surface area contributed by atoms with Gasteiger partial charge in [-0.15, -0.1) is 0 Å². The van der Waals surface area contributed by atoms with E-state index in [9.17, 15) is 10.5 Å². The van der Waals surface area contributed by atoms with E-state index in [2.05, 4.69) is 21.5 Å². The van der Waals surface area contributed by atoms with E-state index in [1.54, 1.807) is 12.2 Å². The Bertz CT molecular complexity index is 2370. The average Bonchev–Trinajstić information content (AvgIpc) is 3.76. The van der Waals surface area contributed by atoms with Crippen LogP contribution in [0.4, 0.5) is 0 Å². The number of benzene rings is 6. The molecule has 6 aromatic carbocycles. The maximum atomic E-state index is 10.2. The molecule has 0 unspecified atom stereocenters. The predicted octanol–water partition coefficient (Wildman–Crippen LogP) is 11.0. The smallest absolute Gasteiger partial charge is 0.184 e. The molecule has 0 aliphatic carbocycles. The summed E-state index contributed by atoms with van der Waals surface area (Å²) >= 11 is 1.05. The van der Waals surface area contributed by atoms with Crippen LogP contribution < -0.4 is 18.9 Å². The molecule has 0 radical (unpaired) electrons. The van der Waals surface area contributed by atoms with Crippen molar-refractivity contribution in [3.63, 3.8) is 0 Å². The van der Waals surface area contributed by atoms with Gasteiger partial charge in [-0.1, -0.05) is 133 Å². The molecule has 57 heavy (non-hydrogen) atoms. The van der Waals surface area contributed by atoms with Crippen molar-refractivity contribution in [2.45, 2.75) is 26.4 Å². The second kappa shape index (κ2) is 19.2. The Balaban J connectivity index is 1.12. The molecule has 0 saturated heterocycles. The fourth-order valence-corrected chi connectivity index (χ4v) is 6.34. The molecule has 0 aliphatic rings. The number of hydrogen-bond donors (Lipinski definition) is 0. The molecule has 8 nitrogen and oxygen atoms in total. The van der Waals surface area contributed by atoms with Crippen LogP contribution in [0.2, 0.25) is 0 Å². The van der Waals surface area contributed by atoms with Crippen molar-refractivity contribution in [3.05, 3.63) is 202 Å². The summed E-state index contributed by atoms with van der Waals surface area (Å²) in [7, 11) is 0. The summed E-state index contributed by atoms with van der Waals surface area (Å²) in [5.41, 5.74) is 6.02. The molecule has 0 spiro atoms. The van der Waals surface area contributed by atoms with Crippen LogP contribution in [-0.4, -0.2) is 9.36 Å². The van der Waals surface area contributed by atoms with Gasteiger partial charge < -0.3 is 18.9 Å². The number of rotatable bonds is 16. The van der Waals surface area contributed by atoms with Gasteiger partial charge in [0.15, 0.2) is 33.8 Å². The first-order chi connectivity index (χ1) is 28.1. The van der Waals surface area contributed by atoms with Crippen molar-refractivity contribution in [1.29, 1.82) is 10.5 Å². The molecule has 9 heteroatoms. The van der Waals surface area contributed by atoms with Gasteiger partial charge >= 0.3 is 0 Å². The molecule has 0 N–H and O–H groups in total. The van der Waals surface area contributed by atoms with E-state index in [-0.39, 0.29) is 11.4 Å². The van der Waals surface area contributed by atoms with Gasteiger partial charge in [0.05, 0.1) is 11.1 Å². The number of allylic oxidation sites excluding steroid dienone is 2. The summed E-state index contributed by atoms with van der Waals surface area (Å²) in [4.78, 5) is 4.62. The van der Waals surface area contributed by atoms with Gasteiger partial charge in [-0.05, 0) is 81.3 Å². The third kappa shape index (κ3) is 10.6. The van der Waals surface area contributed by atoms with E-state index < -0.39 is 0 Å². The van der Waals surface area contributed by atoms with Gasteiger partial charge in [0.1, 0.15) is 38.6 Å². The highest BCUT2D eigenvalue weighted by Gasteiger charge is 2.16. The predicted molar refractivity (Wildman–Crippen MR) is 223 cm³/mol. The number of ether oxygens (including phenoxy) is 4. The number of hydrogen-bond acceptors (Lipinski definition) is 9. The molecule has 0 bridgehead atoms. The highest BCUT2D eigenvalue weighted by atomic mass is 32.1. The molecule has 0 saturated carbocycles. The molecule has 7 rings (SSSR count). The van der Waals surface area contributed by atoms with Crippen LogP contribution in [0, 0.1) is 22.7 Å². The van der Waals surface area contributed by atoms with Crippen molar-refractivity contribution in [2.75, 3.05) is 0 Å². The normalized spacial score (nSPS) is 11.3. The summed E-state index contributed by atoms with van der Waals surface area (Å²) in [6, 6.07) is 55.1. The fraction of sp³-hybridized carbons (Fsp3) is 0.0833. The molecule has 7 aromatic rings. The van der Waals surface area contributed by atoms with E-state index >= 15 is 0 Å². The molecule has 0 fully saturated rings. The molecular weight excluding hydrogens is 729 g/mol. The van der Waals surface area contributed by atoms with Gasteiger partial charge in [-0.25, -0.2) is 4.98 Å². The van der Waals surface area contributed by atoms with E-state index in [4.69, 9.17) is 18.9 Å². The van der Waals surface area contributed by atoms with Gasteiger partial charge in [0.25, 0.3) is 0 Å². The first kappa shape index (κ1) is 37.8. The molecule has 0 aliphatic heterocycles. The van der Waals surface area contributed by atoms with Crippen molar-refractivity contribution < 1.29 is 18.9 Å². The van der Waals surface area contributed by atoms with E-state index in [0.717, 1.165) is 33.8 Å². The molecule has 0 atom stereocenters. The van der Waals surface area contributed by atoms with Gasteiger partial charge in [0.2, 0.25) is 0 Å². The lowest BCUT2D eigenvalue weighted by Gasteiger charge is -2.14. The van der Waals surface area contributed by atoms with Crippen LogP contribution in [0.3, 0.4) is 0 Å². The topological polar surface area (TPSA) is 110 Å². The summed E-state index contributed by atoms with van der Waals surface area (Å²) in [6.45, 7) is 1.42. The Kier molecular flexibility index (Phi) is 12.8. The zero-order valence-corrected chi connectivity index (χ0v) is 31.6. The lowest BCUT2D eigenvalue weighted by atomic mass is 10.1. The Morgan fingerprint density at radius 1 is 0.474 bits per heavy atom. The van der Waals surface area contributed by atoms with Crippen LogP contribution in [0.15, 0.2) is 158 Å². The lowest BCUT2D eigenvalue weighted by Crippen LogP contribution is -2.01. The average molecular weight is 765 g/mol. The maximum absolute atomic E-state index is 10.2. The molecule has 1 heterocycles. The first-order valence-corrected chi connectivity index (χ1v) is 18.9. The quantitative estimate of drug-likeness (QED) is 0.0895. The maximum Gasteiger partial charge on any atom is 0.184 e. The van der Waals surface area contributed by atoms with Crippen molar-refractivity contribution in [2.24, 2.45) is 0 Å². The zero-order valence-electron chi connectivity index (χ0n) is 30.8. The molecule has 1 aromatic heterocycles. The standard InChI is InChI=1S/C48H36N4O4S/c49-29-41(25-39-21-23-43(53-31-35-13-5-1-6-14-35)45(27-39)55-33-37-17-9-3-10-18-37)47-51-48(57-52-47)42(30-50)26-40-22-24-44(54-32-36-15-7-2-8-16-36)46(28-40)56-34-38-19-11-4-12-20-38/h1-28H,31-34H2/b41-25+,42-26+. The lowest BCUT2D eigenvalue weighted by molar-refractivity contribution is 0.256. The van der Waals surface area contributed by atoms with E-state index in [0.29, 0.717) is 71.1 Å². The zero-order chi connectivity index (χ0) is 39.1. The first-order valence-electron chi connectivity index (χ1n) is 18.2. The minimum absolute atomic E-state index is 0.214. The Hall–Kier alpha value is -7.46. The van der Waals surface area contributed by atoms with Crippen LogP contribution in [-0.2, 0) is 26.4 Å². The number of aromatic nitrogens is 2. The molecular formula is C48H36N4O4S. The highest BCUT2D eigenvalue weighted by molar-refractivity contribution is 7.06. The Morgan fingerprint density at radius 2 is 0.842 bits per heavy atom. The van der Waals surface area contributed by atoms with E-state index in [1.165, 1.54) is 0 Å². The third-order valence-electron chi connectivity index (χ3n) is 8.64. The second-order valence-electron chi connectivity index (χ2n) is 12.8. The van der Waals surface area contributed by atoms with Gasteiger partial charge in [-0.3, -0.25) is 0 Å². The minimum Gasteiger partial charge on any atom is -0.485 e. The van der Waals surface area contributed by atoms with Crippen LogP contribution in [0.5, 0.6) is 23.0 Å². The van der Waals surface area contributed by atoms with Gasteiger partial charge in [-0.2, -0.15) is 14.9 Å². The Labute approximate surface area is 336 Å². The Morgan fingerprint density at radius 3 is 1.23 bits per heavy atom. The third-order valence-corrected chi connectivity index (χ3v) is 9.39. The van der Waals surface area contributed by atoms with E-state index in [1.807, 2.05) is 158 Å². The van der Waals surface area contributed by atoms with Crippen LogP contribution in [0.25, 0.3) is 23.3 Å². The van der Waals surface area contributed by atoms with Crippen LogP contribution in [0.1, 0.15) is 44.2 Å². The summed E-state index contributed by atoms with van der Waals surface area (Å²) in [6.07, 6.45) is 3.42.